The minimum atomic E-state index is -1.51. The first-order valence-corrected chi connectivity index (χ1v) is 50.9. The molecule has 10 heteroatoms. The molecular weight excluding hydrogens is 1790 g/mol. The molecule has 2 aromatic heterocycles. The van der Waals surface area contributed by atoms with Crippen LogP contribution in [0.2, 0.25) is 0 Å². The van der Waals surface area contributed by atoms with E-state index in [-0.39, 0.29) is 208 Å². The maximum atomic E-state index is 10.7. The number of benzene rings is 14. The smallest absolute Gasteiger partial charge is 0.257 e. The van der Waals surface area contributed by atoms with Crippen molar-refractivity contribution in [3.05, 3.63) is 357 Å². The Morgan fingerprint density at radius 1 is 0.226 bits per heavy atom. The van der Waals surface area contributed by atoms with Crippen LogP contribution < -0.4 is 62.2 Å². The molecule has 0 radical (unpaired) electrons. The third-order valence-electron chi connectivity index (χ3n) is 26.8. The molecule has 748 valence electrons. The summed E-state index contributed by atoms with van der Waals surface area (Å²) in [7, 11) is 0. The summed E-state index contributed by atoms with van der Waals surface area (Å²) < 4.78 is 427. The average Bonchev–Trinajstić information content (AvgIpc) is 1.42. The lowest BCUT2D eigenvalue weighted by Crippen LogP contribution is -2.61. The topological polar surface area (TPSA) is 32.6 Å². The molecular formula is C136H156B2N6OS. The van der Waals surface area contributed by atoms with E-state index in [9.17, 15) is 57.6 Å². The molecule has 0 unspecified atom stereocenters. The van der Waals surface area contributed by atoms with Gasteiger partial charge in [0.1, 0.15) is 5.58 Å². The number of furan rings is 1. The third-order valence-corrected chi connectivity index (χ3v) is 27.9. The Labute approximate surface area is 939 Å². The van der Waals surface area contributed by atoms with Crippen LogP contribution in [0.4, 0.5) is 102 Å². The second kappa shape index (κ2) is 35.7. The average molecular weight is 1990 g/mol. The molecule has 0 amide bonds. The summed E-state index contributed by atoms with van der Waals surface area (Å²) in [4.78, 5) is 7.22. The molecule has 0 atom stereocenters. The van der Waals surface area contributed by atoms with Crippen LogP contribution in [-0.4, -0.2) is 13.4 Å². The molecule has 4 aliphatic heterocycles. The Hall–Kier alpha value is -12.5. The van der Waals surface area contributed by atoms with E-state index in [2.05, 4.69) is 0 Å². The van der Waals surface area contributed by atoms with Crippen molar-refractivity contribution in [3.8, 4) is 0 Å². The Kier molecular flexibility index (Phi) is 15.3. The SMILES string of the molecule is [2H]c1c([2H])c(C(C)(C)C)c([2H])c([2H])c1N1c2cc(N(c3c([2H])c([2H])c(C(C)(C)C)c([2H])c3[2H])c3c([2H])c([2H])c(C(C)(C)C)c([2H])c3[2H])cc3c2B(c2c([2H])c(C(C)(C)C)c([2H])c([2H])c2N3c2c([2H])c([2H])c(C(C)(C)C)c([2H])c2[2H])c2c1oc1c([2H])cc(C(C)(C)C)c([2H])c21.[2H]c1c([2H])c(C(C)(C)C)c([2H])c([2H])c1N1c2cc(N(c3c([2H])c([2H])c(C(C)(C)C)c([2H])c3[2H])c3c([2H])c([2H])c(C(C)(C)C)c([2H])c3[2H])cc3c2B(c2c([2H])c(C(C)(C)C)c([2H])c([2H])c2N3c2c([2H])c([2H])c(C(C)(C)C)c([2H])c2[2H])c2c1sc1c([2H])cc(C(C)(C)C)c([2H])c21. The van der Waals surface area contributed by atoms with E-state index in [4.69, 9.17) is 4.42 Å². The highest BCUT2D eigenvalue weighted by molar-refractivity contribution is 7.26. The summed E-state index contributed by atoms with van der Waals surface area (Å²) in [5.41, 5.74) is -16.9. The van der Waals surface area contributed by atoms with Gasteiger partial charge in [0.25, 0.3) is 13.4 Å². The van der Waals surface area contributed by atoms with Gasteiger partial charge in [-0.1, -0.05) is 388 Å². The summed E-state index contributed by atoms with van der Waals surface area (Å²) in [5, 5.41) is 0.305. The first kappa shape index (κ1) is 62.6. The third kappa shape index (κ3) is 19.0. The Bertz CT molecular complexity index is 9530. The standard InChI is InChI=1S/C68H78BN3O.C68H78BN3S/c2*1-63(2,3)43-19-29-49(30-20-43)70(50-31-21-44(22-32-50)64(4,5)6)53-41-57-61-58(42-53)72(52-35-25-46(26-36-52)66(10,11)12)62-60(54-39-47(67(13,14)15)28-38-59(54)73-62)69(61)55-40-48(68(16,17)18)27-37-56(55)71(57)51-33-23-45(24-34-51)65(7,8)9/h2*19-42H,1-18H3/i2*19D,20D,21D,22D,23D,24D,25D,26D,27D,29D,30D,31D,32D,33D,34D,35D,36D,37D,38D,39D,40D. The second-order valence-electron chi connectivity index (χ2n) is 51.2. The normalized spacial score (nSPS) is 18.1. The monoisotopic (exact) mass is 1990 g/mol. The van der Waals surface area contributed by atoms with E-state index in [1.807, 2.05) is 41.5 Å². The zero-order valence-electron chi connectivity index (χ0n) is 133. The summed E-state index contributed by atoms with van der Waals surface area (Å²) in [5.74, 6) is -0.312. The van der Waals surface area contributed by atoms with E-state index in [0.29, 0.717) is 11.1 Å². The van der Waals surface area contributed by atoms with Crippen LogP contribution in [0.5, 0.6) is 0 Å². The van der Waals surface area contributed by atoms with Crippen molar-refractivity contribution in [2.24, 2.45) is 0 Å². The van der Waals surface area contributed by atoms with Crippen molar-refractivity contribution >= 4 is 180 Å². The van der Waals surface area contributed by atoms with E-state index in [0.717, 1.165) is 21.1 Å². The van der Waals surface area contributed by atoms with E-state index < -0.39 is 336 Å². The quantitative estimate of drug-likeness (QED) is 0.126. The Morgan fingerprint density at radius 2 is 0.473 bits per heavy atom. The van der Waals surface area contributed by atoms with Crippen LogP contribution >= 0.6 is 11.3 Å². The van der Waals surface area contributed by atoms with Gasteiger partial charge in [-0.15, -0.1) is 11.3 Å². The zero-order valence-corrected chi connectivity index (χ0v) is 91.9. The summed E-state index contributed by atoms with van der Waals surface area (Å²) in [6.07, 6.45) is 0. The van der Waals surface area contributed by atoms with Crippen LogP contribution in [-0.2, 0) is 65.0 Å². The molecule has 14 aromatic carbocycles. The predicted molar refractivity (Wildman–Crippen MR) is 640 cm³/mol. The highest BCUT2D eigenvalue weighted by Gasteiger charge is 2.51. The van der Waals surface area contributed by atoms with E-state index >= 15 is 0 Å². The Balaban J connectivity index is 0.000000226. The minimum Gasteiger partial charge on any atom is -0.440 e. The van der Waals surface area contributed by atoms with Crippen molar-refractivity contribution in [2.75, 3.05) is 29.4 Å². The fourth-order valence-corrected chi connectivity index (χ4v) is 19.3. The highest BCUT2D eigenvalue weighted by Crippen LogP contribution is 2.56. The van der Waals surface area contributed by atoms with Gasteiger partial charge in [-0.05, 0) is 316 Å². The molecule has 0 spiro atoms. The van der Waals surface area contributed by atoms with Gasteiger partial charge in [0.05, 0.1) is 73.9 Å². The van der Waals surface area contributed by atoms with Crippen molar-refractivity contribution in [3.63, 3.8) is 0 Å². The number of thiophene rings is 1. The van der Waals surface area contributed by atoms with Gasteiger partial charge >= 0.3 is 0 Å². The molecule has 0 bridgehead atoms. The molecule has 0 aliphatic carbocycles. The van der Waals surface area contributed by atoms with Gasteiger partial charge in [0.15, 0.2) is 0 Å². The molecule has 4 aliphatic rings. The number of rotatable bonds is 10. The second-order valence-corrected chi connectivity index (χ2v) is 52.2. The number of nitrogens with zero attached hydrogens (tertiary/aromatic N) is 6. The van der Waals surface area contributed by atoms with Crippen molar-refractivity contribution in [1.82, 2.24) is 0 Å². The van der Waals surface area contributed by atoms with E-state index in [1.54, 1.807) is 214 Å². The van der Waals surface area contributed by atoms with Gasteiger partial charge in [0, 0.05) is 95.2 Å². The molecule has 6 heterocycles. The van der Waals surface area contributed by atoms with Gasteiger partial charge in [-0.2, -0.15) is 0 Å². The van der Waals surface area contributed by atoms with Crippen LogP contribution in [0.1, 0.15) is 374 Å². The largest absolute Gasteiger partial charge is 0.440 e. The van der Waals surface area contributed by atoms with Crippen LogP contribution in [0.15, 0.2) is 295 Å². The first-order chi connectivity index (χ1) is 85.6. The van der Waals surface area contributed by atoms with Gasteiger partial charge in [0.2, 0.25) is 5.88 Å². The predicted octanol–water partition coefficient (Wildman–Crippen LogP) is 36.0. The number of hydrogen-bond donors (Lipinski definition) is 0. The highest BCUT2D eigenvalue weighted by atomic mass is 32.1. The Morgan fingerprint density at radius 3 is 0.774 bits per heavy atom. The fourth-order valence-electron chi connectivity index (χ4n) is 18.1. The molecule has 7 nitrogen and oxygen atoms in total. The maximum absolute atomic E-state index is 10.7. The summed E-state index contributed by atoms with van der Waals surface area (Å²) in [6.45, 7) is 60.1. The lowest BCUT2D eigenvalue weighted by molar-refractivity contribution is 0.589. The van der Waals surface area contributed by atoms with Crippen LogP contribution in [0.3, 0.4) is 0 Å². The summed E-state index contributed by atoms with van der Waals surface area (Å²) >= 11 is 0.982. The van der Waals surface area contributed by atoms with E-state index in [1.165, 1.54) is 49.9 Å². The van der Waals surface area contributed by atoms with Gasteiger partial charge in [-0.25, -0.2) is 0 Å². The zero-order chi connectivity index (χ0) is 142. The van der Waals surface area contributed by atoms with Crippen molar-refractivity contribution < 1.29 is 62.0 Å². The minimum absolute atomic E-state index is 0.000276. The van der Waals surface area contributed by atoms with Crippen molar-refractivity contribution in [1.29, 1.82) is 0 Å². The summed E-state index contributed by atoms with van der Waals surface area (Å²) in [6, 6.07) is -12.9. The van der Waals surface area contributed by atoms with Crippen molar-refractivity contribution in [2.45, 2.75) is 314 Å². The molecule has 0 saturated carbocycles. The van der Waals surface area contributed by atoms with Gasteiger partial charge < -0.3 is 28.9 Å². The van der Waals surface area contributed by atoms with Crippen LogP contribution in [0, 0.1) is 0 Å². The van der Waals surface area contributed by atoms with Gasteiger partial charge in [-0.3, -0.25) is 4.90 Å². The number of fused-ring (bicyclic) bond motifs is 12. The maximum Gasteiger partial charge on any atom is 0.257 e. The lowest BCUT2D eigenvalue weighted by Gasteiger charge is -2.44. The van der Waals surface area contributed by atoms with Crippen LogP contribution in [0.25, 0.3) is 21.1 Å². The lowest BCUT2D eigenvalue weighted by atomic mass is 9.33. The molecule has 0 N–H and O–H groups in total. The fraction of sp³-hybridized carbons (Fsp3) is 0.353. The molecule has 146 heavy (non-hydrogen) atoms. The molecule has 0 saturated heterocycles. The number of hydrogen-bond acceptors (Lipinski definition) is 8. The molecule has 16 aromatic rings. The molecule has 0 fully saturated rings. The molecule has 20 rings (SSSR count). The number of anilines is 18. The first-order valence-electron chi connectivity index (χ1n) is 71.0.